The fourth-order valence-corrected chi connectivity index (χ4v) is 2.08. The number of nitrogens with one attached hydrogen (secondary N) is 1. The highest BCUT2D eigenvalue weighted by atomic mass is 19.2. The number of β-amino-alcohol motifs (C(OH)–C–C–N with tert-alkyl or cyclic N) is 1. The molecule has 1 aromatic heterocycles. The van der Waals surface area contributed by atoms with E-state index in [-0.39, 0.29) is 23.3 Å². The fraction of sp³-hybridized carbons (Fsp3) is 0.333. The van der Waals surface area contributed by atoms with Gasteiger partial charge in [-0.2, -0.15) is 4.98 Å². The predicted octanol–water partition coefficient (Wildman–Crippen LogP) is 1.55. The van der Waals surface area contributed by atoms with Gasteiger partial charge in [0.05, 0.1) is 12.1 Å². The first-order valence-corrected chi connectivity index (χ1v) is 5.94. The fourth-order valence-electron chi connectivity index (χ4n) is 2.08. The molecule has 2 heterocycles. The van der Waals surface area contributed by atoms with Gasteiger partial charge >= 0.3 is 0 Å². The number of benzene rings is 1. The van der Waals surface area contributed by atoms with Crippen LogP contribution in [0.4, 0.5) is 13.2 Å². The summed E-state index contributed by atoms with van der Waals surface area (Å²) in [5, 5.41) is 16.0. The van der Waals surface area contributed by atoms with Gasteiger partial charge in [0.15, 0.2) is 17.5 Å². The number of aromatic nitrogens is 2. The van der Waals surface area contributed by atoms with Crippen molar-refractivity contribution in [3.05, 3.63) is 35.5 Å². The molecule has 1 aromatic carbocycles. The largest absolute Gasteiger partial charge is 0.392 e. The second kappa shape index (κ2) is 4.88. The van der Waals surface area contributed by atoms with Gasteiger partial charge in [0, 0.05) is 12.1 Å². The highest BCUT2D eigenvalue weighted by Crippen LogP contribution is 2.26. The number of rotatable bonds is 2. The Balaban J connectivity index is 1.90. The highest BCUT2D eigenvalue weighted by Gasteiger charge is 2.28. The predicted molar refractivity (Wildman–Crippen MR) is 61.0 cm³/mol. The maximum absolute atomic E-state index is 13.1. The smallest absolute Gasteiger partial charge is 0.244 e. The van der Waals surface area contributed by atoms with Crippen molar-refractivity contribution in [1.82, 2.24) is 15.5 Å². The molecule has 3 rings (SSSR count). The first kappa shape index (κ1) is 13.1. The maximum Gasteiger partial charge on any atom is 0.244 e. The minimum absolute atomic E-state index is 0.0186. The van der Waals surface area contributed by atoms with Gasteiger partial charge in [0.25, 0.3) is 0 Å². The van der Waals surface area contributed by atoms with E-state index >= 15 is 0 Å². The van der Waals surface area contributed by atoms with Crippen molar-refractivity contribution in [2.45, 2.75) is 18.6 Å². The van der Waals surface area contributed by atoms with Crippen LogP contribution in [0, 0.1) is 17.5 Å². The number of aliphatic hydroxyl groups is 1. The molecular weight excluding hydrogens is 275 g/mol. The van der Waals surface area contributed by atoms with Gasteiger partial charge in [-0.25, -0.2) is 13.2 Å². The summed E-state index contributed by atoms with van der Waals surface area (Å²) in [6, 6.07) is 1.29. The van der Waals surface area contributed by atoms with E-state index in [0.717, 1.165) is 12.1 Å². The van der Waals surface area contributed by atoms with Crippen LogP contribution < -0.4 is 5.32 Å². The van der Waals surface area contributed by atoms with Crippen LogP contribution >= 0.6 is 0 Å². The molecule has 1 aliphatic rings. The molecule has 1 fully saturated rings. The Morgan fingerprint density at radius 3 is 2.55 bits per heavy atom. The molecule has 2 N–H and O–H groups in total. The van der Waals surface area contributed by atoms with E-state index in [1.54, 1.807) is 0 Å². The molecule has 2 aromatic rings. The Morgan fingerprint density at radius 1 is 1.25 bits per heavy atom. The number of nitrogens with zero attached hydrogens (tertiary/aromatic N) is 2. The van der Waals surface area contributed by atoms with Gasteiger partial charge in [-0.1, -0.05) is 5.16 Å². The van der Waals surface area contributed by atoms with Gasteiger partial charge in [0.1, 0.15) is 0 Å². The maximum atomic E-state index is 13.1. The number of hydrogen-bond donors (Lipinski definition) is 2. The molecule has 0 bridgehead atoms. The molecule has 20 heavy (non-hydrogen) atoms. The molecule has 0 radical (unpaired) electrons. The van der Waals surface area contributed by atoms with Gasteiger partial charge < -0.3 is 14.9 Å². The molecule has 2 atom stereocenters. The van der Waals surface area contributed by atoms with Crippen molar-refractivity contribution in [1.29, 1.82) is 0 Å². The summed E-state index contributed by atoms with van der Waals surface area (Å²) in [5.41, 5.74) is -0.0186. The Bertz CT molecular complexity index is 624. The van der Waals surface area contributed by atoms with Crippen molar-refractivity contribution in [3.63, 3.8) is 0 Å². The van der Waals surface area contributed by atoms with Crippen LogP contribution in [0.3, 0.4) is 0 Å². The van der Waals surface area contributed by atoms with E-state index in [0.29, 0.717) is 13.0 Å². The lowest BCUT2D eigenvalue weighted by Crippen LogP contribution is -2.15. The summed E-state index contributed by atoms with van der Waals surface area (Å²) in [4.78, 5) is 4.00. The van der Waals surface area contributed by atoms with Crippen molar-refractivity contribution in [2.24, 2.45) is 0 Å². The molecule has 0 saturated carbocycles. The lowest BCUT2D eigenvalue weighted by molar-refractivity contribution is 0.191. The van der Waals surface area contributed by atoms with Gasteiger partial charge in [-0.05, 0) is 18.6 Å². The summed E-state index contributed by atoms with van der Waals surface area (Å²) in [5.74, 6) is -4.01. The van der Waals surface area contributed by atoms with Crippen molar-refractivity contribution in [3.8, 4) is 11.4 Å². The number of hydrogen-bond acceptors (Lipinski definition) is 5. The topological polar surface area (TPSA) is 71.2 Å². The van der Waals surface area contributed by atoms with Gasteiger partial charge in [0.2, 0.25) is 11.7 Å². The van der Waals surface area contributed by atoms with Crippen LogP contribution in [0.5, 0.6) is 0 Å². The second-order valence-electron chi connectivity index (χ2n) is 4.56. The quantitative estimate of drug-likeness (QED) is 0.819. The summed E-state index contributed by atoms with van der Waals surface area (Å²) >= 11 is 0. The van der Waals surface area contributed by atoms with E-state index in [9.17, 15) is 18.3 Å². The van der Waals surface area contributed by atoms with E-state index in [1.807, 2.05) is 0 Å². The average molecular weight is 285 g/mol. The van der Waals surface area contributed by atoms with Crippen LogP contribution in [-0.4, -0.2) is 27.9 Å². The molecule has 1 saturated heterocycles. The Labute approximate surface area is 111 Å². The SMILES string of the molecule is O[C@@H]1CN[C@H](c2nc(-c3cc(F)c(F)c(F)c3)no2)C1. The summed E-state index contributed by atoms with van der Waals surface area (Å²) in [6.07, 6.45) is -0.0932. The lowest BCUT2D eigenvalue weighted by atomic mass is 10.2. The molecule has 0 amide bonds. The molecule has 8 heteroatoms. The minimum Gasteiger partial charge on any atom is -0.392 e. The Hall–Kier alpha value is -1.93. The normalized spacial score (nSPS) is 22.4. The molecular formula is C12H10F3N3O2. The third kappa shape index (κ3) is 2.27. The van der Waals surface area contributed by atoms with E-state index < -0.39 is 23.6 Å². The zero-order chi connectivity index (χ0) is 14.3. The van der Waals surface area contributed by atoms with E-state index in [1.165, 1.54) is 0 Å². The Kier molecular flexibility index (Phi) is 3.19. The Morgan fingerprint density at radius 2 is 1.95 bits per heavy atom. The van der Waals surface area contributed by atoms with Crippen LogP contribution in [0.25, 0.3) is 11.4 Å². The second-order valence-corrected chi connectivity index (χ2v) is 4.56. The van der Waals surface area contributed by atoms with Crippen molar-refractivity contribution < 1.29 is 22.8 Å². The molecule has 106 valence electrons. The van der Waals surface area contributed by atoms with Crippen LogP contribution in [0.1, 0.15) is 18.4 Å². The van der Waals surface area contributed by atoms with Crippen molar-refractivity contribution in [2.75, 3.05) is 6.54 Å². The molecule has 1 aliphatic heterocycles. The van der Waals surface area contributed by atoms with E-state index in [2.05, 4.69) is 15.5 Å². The first-order valence-electron chi connectivity index (χ1n) is 5.94. The number of halogens is 3. The van der Waals surface area contributed by atoms with Gasteiger partial charge in [-0.3, -0.25) is 0 Å². The van der Waals surface area contributed by atoms with Crippen LogP contribution in [0.2, 0.25) is 0 Å². The lowest BCUT2D eigenvalue weighted by Gasteiger charge is -2.01. The monoisotopic (exact) mass is 285 g/mol. The van der Waals surface area contributed by atoms with Crippen LogP contribution in [-0.2, 0) is 0 Å². The highest BCUT2D eigenvalue weighted by molar-refractivity contribution is 5.54. The summed E-state index contributed by atoms with van der Waals surface area (Å²) < 4.78 is 44.1. The zero-order valence-electron chi connectivity index (χ0n) is 10.1. The van der Waals surface area contributed by atoms with Crippen molar-refractivity contribution >= 4 is 0 Å². The average Bonchev–Trinajstić information content (AvgIpc) is 3.03. The zero-order valence-corrected chi connectivity index (χ0v) is 10.1. The third-order valence-electron chi connectivity index (χ3n) is 3.09. The number of aliphatic hydroxyl groups excluding tert-OH is 1. The van der Waals surface area contributed by atoms with Crippen LogP contribution in [0.15, 0.2) is 16.7 Å². The minimum atomic E-state index is -1.54. The molecule has 0 unspecified atom stereocenters. The summed E-state index contributed by atoms with van der Waals surface area (Å²) in [7, 11) is 0. The first-order chi connectivity index (χ1) is 9.54. The summed E-state index contributed by atoms with van der Waals surface area (Å²) in [6.45, 7) is 0.405. The molecule has 0 spiro atoms. The third-order valence-corrected chi connectivity index (χ3v) is 3.09. The van der Waals surface area contributed by atoms with Gasteiger partial charge in [-0.15, -0.1) is 0 Å². The molecule has 0 aliphatic carbocycles. The molecule has 5 nitrogen and oxygen atoms in total. The van der Waals surface area contributed by atoms with E-state index in [4.69, 9.17) is 4.52 Å². The standard InChI is InChI=1S/C12H10F3N3O2/c13-7-1-5(2-8(14)10(7)15)11-17-12(20-18-11)9-3-6(19)4-16-9/h1-2,6,9,16,19H,3-4H2/t6-,9-/m0/s1.